The van der Waals surface area contributed by atoms with Crippen molar-refractivity contribution in [1.29, 1.82) is 0 Å². The van der Waals surface area contributed by atoms with Gasteiger partial charge in [0, 0.05) is 24.6 Å². The minimum absolute atomic E-state index is 0.181. The van der Waals surface area contributed by atoms with Crippen molar-refractivity contribution in [2.24, 2.45) is 0 Å². The number of hydroxylamine groups is 2. The van der Waals surface area contributed by atoms with E-state index in [0.717, 1.165) is 22.0 Å². The molecule has 1 amide bonds. The normalized spacial score (nSPS) is 18.7. The highest BCUT2D eigenvalue weighted by Gasteiger charge is 2.32. The zero-order valence-corrected chi connectivity index (χ0v) is 17.9. The molecule has 0 saturated carbocycles. The fourth-order valence-electron chi connectivity index (χ4n) is 4.18. The van der Waals surface area contributed by atoms with Crippen molar-refractivity contribution in [3.63, 3.8) is 0 Å². The number of rotatable bonds is 3. The van der Waals surface area contributed by atoms with Crippen molar-refractivity contribution in [1.82, 2.24) is 24.6 Å². The molecule has 31 heavy (non-hydrogen) atoms. The molecule has 2 aromatic heterocycles. The van der Waals surface area contributed by atoms with Crippen LogP contribution in [0.15, 0.2) is 18.2 Å². The molecule has 1 aromatic carbocycles. The zero-order valence-electron chi connectivity index (χ0n) is 17.1. The predicted octanol–water partition coefficient (Wildman–Crippen LogP) is 3.14. The van der Waals surface area contributed by atoms with E-state index in [4.69, 9.17) is 16.3 Å². The standard InChI is InChI=1S/C21H21ClFN5O3/c1-11-19(22)12(2)28-20(24-11)16-9-26(10-17(16)25-28)21(29)15-4-3-13(23)7-18(15)31-14-5-6-27(30)8-14/h3-4,7,14,30H,5-6,8-10H2,1-2H3/t14-/m1/s1. The van der Waals surface area contributed by atoms with Crippen molar-refractivity contribution in [2.45, 2.75) is 39.5 Å². The molecular weight excluding hydrogens is 425 g/mol. The van der Waals surface area contributed by atoms with Crippen molar-refractivity contribution in [3.8, 4) is 5.75 Å². The van der Waals surface area contributed by atoms with Crippen LogP contribution in [0.4, 0.5) is 4.39 Å². The number of nitrogens with zero attached hydrogens (tertiary/aromatic N) is 5. The summed E-state index contributed by atoms with van der Waals surface area (Å²) in [5, 5.41) is 15.9. The zero-order chi connectivity index (χ0) is 21.9. The molecule has 0 unspecified atom stereocenters. The van der Waals surface area contributed by atoms with E-state index in [2.05, 4.69) is 10.1 Å². The Hall–Kier alpha value is -2.75. The molecule has 0 radical (unpaired) electrons. The van der Waals surface area contributed by atoms with E-state index in [0.29, 0.717) is 49.0 Å². The van der Waals surface area contributed by atoms with Gasteiger partial charge in [0.1, 0.15) is 17.7 Å². The maximum atomic E-state index is 13.9. The summed E-state index contributed by atoms with van der Waals surface area (Å²) in [4.78, 5) is 19.5. The highest BCUT2D eigenvalue weighted by molar-refractivity contribution is 6.31. The largest absolute Gasteiger partial charge is 0.488 e. The number of aromatic nitrogens is 3. The summed E-state index contributed by atoms with van der Waals surface area (Å²) >= 11 is 6.30. The molecule has 1 saturated heterocycles. The first-order valence-corrected chi connectivity index (χ1v) is 10.4. The smallest absolute Gasteiger partial charge is 0.258 e. The molecule has 2 aliphatic rings. The number of hydrogen-bond donors (Lipinski definition) is 1. The first-order chi connectivity index (χ1) is 14.8. The number of aryl methyl sites for hydroxylation is 2. The molecule has 1 fully saturated rings. The van der Waals surface area contributed by atoms with Gasteiger partial charge < -0.3 is 14.8 Å². The van der Waals surface area contributed by atoms with Gasteiger partial charge in [-0.3, -0.25) is 4.79 Å². The van der Waals surface area contributed by atoms with Gasteiger partial charge in [-0.1, -0.05) is 11.6 Å². The summed E-state index contributed by atoms with van der Waals surface area (Å²) in [5.41, 5.74) is 4.13. The number of fused-ring (bicyclic) bond motifs is 3. The van der Waals surface area contributed by atoms with Crippen LogP contribution in [0.2, 0.25) is 5.02 Å². The topological polar surface area (TPSA) is 83.2 Å². The lowest BCUT2D eigenvalue weighted by atomic mass is 10.1. The van der Waals surface area contributed by atoms with Crippen LogP contribution in [-0.4, -0.2) is 54.9 Å². The Morgan fingerprint density at radius 1 is 1.32 bits per heavy atom. The lowest BCUT2D eigenvalue weighted by molar-refractivity contribution is -0.0746. The monoisotopic (exact) mass is 445 g/mol. The number of ether oxygens (including phenoxy) is 1. The van der Waals surface area contributed by atoms with Crippen LogP contribution in [0.25, 0.3) is 5.65 Å². The number of amides is 1. The van der Waals surface area contributed by atoms with E-state index in [1.165, 1.54) is 18.2 Å². The Kier molecular flexibility index (Phi) is 4.84. The molecule has 162 valence electrons. The SMILES string of the molecule is Cc1nc2c3c(nn2c(C)c1Cl)CN(C(=O)c1ccc(F)cc1O[C@@H]1CCN(O)C1)C3. The van der Waals surface area contributed by atoms with Crippen molar-refractivity contribution in [2.75, 3.05) is 13.1 Å². The summed E-state index contributed by atoms with van der Waals surface area (Å²) in [6, 6.07) is 3.90. The fourth-order valence-corrected chi connectivity index (χ4v) is 4.31. The molecule has 2 aliphatic heterocycles. The summed E-state index contributed by atoms with van der Waals surface area (Å²) < 4.78 is 21.5. The minimum atomic E-state index is -0.486. The van der Waals surface area contributed by atoms with Gasteiger partial charge >= 0.3 is 0 Å². The van der Waals surface area contributed by atoms with Crippen LogP contribution < -0.4 is 4.74 Å². The Bertz CT molecular complexity index is 1210. The molecule has 3 aromatic rings. The molecule has 0 bridgehead atoms. The van der Waals surface area contributed by atoms with Crippen molar-refractivity contribution < 1.29 is 19.1 Å². The number of carbonyl (C=O) groups excluding carboxylic acids is 1. The number of halogens is 2. The molecule has 0 aliphatic carbocycles. The van der Waals surface area contributed by atoms with Crippen LogP contribution in [0.1, 0.15) is 39.4 Å². The Balaban J connectivity index is 1.43. The van der Waals surface area contributed by atoms with Gasteiger partial charge in [-0.05, 0) is 26.0 Å². The molecule has 8 nitrogen and oxygen atoms in total. The fraction of sp³-hybridized carbons (Fsp3) is 0.381. The van der Waals surface area contributed by atoms with E-state index in [9.17, 15) is 14.4 Å². The predicted molar refractivity (Wildman–Crippen MR) is 110 cm³/mol. The van der Waals surface area contributed by atoms with Gasteiger partial charge in [0.25, 0.3) is 5.91 Å². The van der Waals surface area contributed by atoms with Crippen LogP contribution in [0, 0.1) is 19.7 Å². The second kappa shape index (κ2) is 7.44. The number of carbonyl (C=O) groups is 1. The Morgan fingerprint density at radius 3 is 2.87 bits per heavy atom. The van der Waals surface area contributed by atoms with Gasteiger partial charge in [0.2, 0.25) is 0 Å². The van der Waals surface area contributed by atoms with Crippen molar-refractivity contribution in [3.05, 3.63) is 57.2 Å². The molecule has 10 heteroatoms. The van der Waals surface area contributed by atoms with E-state index in [1.807, 2.05) is 13.8 Å². The first kappa shape index (κ1) is 20.2. The lowest BCUT2D eigenvalue weighted by Gasteiger charge is -2.20. The average Bonchev–Trinajstić information content (AvgIpc) is 3.41. The molecule has 1 N–H and O–H groups in total. The molecular formula is C21H21ClFN5O3. The maximum absolute atomic E-state index is 13.9. The summed E-state index contributed by atoms with van der Waals surface area (Å²) in [6.45, 7) is 5.16. The van der Waals surface area contributed by atoms with Crippen LogP contribution >= 0.6 is 11.6 Å². The second-order valence-electron chi connectivity index (χ2n) is 8.00. The molecule has 0 spiro atoms. The Morgan fingerprint density at radius 2 is 2.13 bits per heavy atom. The minimum Gasteiger partial charge on any atom is -0.488 e. The Labute approximate surface area is 182 Å². The average molecular weight is 446 g/mol. The molecule has 5 rings (SSSR count). The quantitative estimate of drug-likeness (QED) is 0.667. The summed E-state index contributed by atoms with van der Waals surface area (Å²) in [6.07, 6.45) is 0.290. The van der Waals surface area contributed by atoms with E-state index in [-0.39, 0.29) is 23.3 Å². The molecule has 4 heterocycles. The van der Waals surface area contributed by atoms with Crippen LogP contribution in [0.5, 0.6) is 5.75 Å². The number of benzene rings is 1. The van der Waals surface area contributed by atoms with Gasteiger partial charge in [-0.15, -0.1) is 0 Å². The highest BCUT2D eigenvalue weighted by Crippen LogP contribution is 2.32. The van der Waals surface area contributed by atoms with Gasteiger partial charge in [-0.25, -0.2) is 13.9 Å². The van der Waals surface area contributed by atoms with Crippen LogP contribution in [-0.2, 0) is 13.1 Å². The third kappa shape index (κ3) is 3.42. The number of hydrogen-bond acceptors (Lipinski definition) is 6. The van der Waals surface area contributed by atoms with E-state index in [1.54, 1.807) is 9.42 Å². The van der Waals surface area contributed by atoms with Gasteiger partial charge in [-0.2, -0.15) is 10.2 Å². The second-order valence-corrected chi connectivity index (χ2v) is 8.38. The first-order valence-electron chi connectivity index (χ1n) is 10.0. The van der Waals surface area contributed by atoms with Gasteiger partial charge in [0.15, 0.2) is 5.65 Å². The van der Waals surface area contributed by atoms with E-state index < -0.39 is 5.82 Å². The van der Waals surface area contributed by atoms with Crippen molar-refractivity contribution >= 4 is 23.2 Å². The maximum Gasteiger partial charge on any atom is 0.258 e. The third-order valence-corrected chi connectivity index (χ3v) is 6.38. The lowest BCUT2D eigenvalue weighted by Crippen LogP contribution is -2.28. The third-order valence-electron chi connectivity index (χ3n) is 5.83. The van der Waals surface area contributed by atoms with Crippen LogP contribution in [0.3, 0.4) is 0 Å². The molecule has 1 atom stereocenters. The van der Waals surface area contributed by atoms with E-state index >= 15 is 0 Å². The summed E-state index contributed by atoms with van der Waals surface area (Å²) in [7, 11) is 0. The highest BCUT2D eigenvalue weighted by atomic mass is 35.5. The summed E-state index contributed by atoms with van der Waals surface area (Å²) in [5.74, 6) is -0.576. The van der Waals surface area contributed by atoms with Gasteiger partial charge in [0.05, 0.1) is 47.3 Å².